The van der Waals surface area contributed by atoms with Crippen LogP contribution < -0.4 is 10.2 Å². The molecule has 1 aromatic heterocycles. The highest BCUT2D eigenvalue weighted by atomic mass is 35.5. The summed E-state index contributed by atoms with van der Waals surface area (Å²) < 4.78 is 0. The lowest BCUT2D eigenvalue weighted by Gasteiger charge is -2.36. The van der Waals surface area contributed by atoms with E-state index < -0.39 is 0 Å². The molecule has 2 heterocycles. The van der Waals surface area contributed by atoms with Crippen molar-refractivity contribution in [3.8, 4) is 0 Å². The van der Waals surface area contributed by atoms with E-state index in [1.54, 1.807) is 0 Å². The Hall–Kier alpha value is -2.37. The van der Waals surface area contributed by atoms with Gasteiger partial charge in [-0.05, 0) is 55.2 Å². The lowest BCUT2D eigenvalue weighted by Crippen LogP contribution is -2.46. The Morgan fingerprint density at radius 3 is 2.42 bits per heavy atom. The van der Waals surface area contributed by atoms with Gasteiger partial charge in [0, 0.05) is 43.8 Å². The van der Waals surface area contributed by atoms with Crippen molar-refractivity contribution < 1.29 is 0 Å². The van der Waals surface area contributed by atoms with Crippen LogP contribution in [0.3, 0.4) is 0 Å². The minimum Gasteiger partial charge on any atom is -0.364 e. The first-order valence-corrected chi connectivity index (χ1v) is 11.8. The molecule has 31 heavy (non-hydrogen) atoms. The van der Waals surface area contributed by atoms with Gasteiger partial charge in [0.05, 0.1) is 11.0 Å². The van der Waals surface area contributed by atoms with Gasteiger partial charge >= 0.3 is 0 Å². The lowest BCUT2D eigenvalue weighted by molar-refractivity contribution is 0.249. The van der Waals surface area contributed by atoms with Crippen LogP contribution in [0.25, 0.3) is 11.0 Å². The molecule has 0 bridgehead atoms. The molecule has 5 nitrogen and oxygen atoms in total. The molecule has 6 heteroatoms. The number of nitrogens with one attached hydrogen (secondary N) is 1. The summed E-state index contributed by atoms with van der Waals surface area (Å²) in [4.78, 5) is 14.9. The molecule has 0 atom stereocenters. The van der Waals surface area contributed by atoms with Crippen molar-refractivity contribution in [1.29, 1.82) is 0 Å². The van der Waals surface area contributed by atoms with Crippen LogP contribution in [0.2, 0.25) is 5.02 Å². The Morgan fingerprint density at radius 2 is 1.68 bits per heavy atom. The third-order valence-corrected chi connectivity index (χ3v) is 6.86. The maximum Gasteiger partial charge on any atom is 0.172 e. The molecule has 162 valence electrons. The number of para-hydroxylation sites is 2. The number of hydrogen-bond donors (Lipinski definition) is 1. The van der Waals surface area contributed by atoms with Gasteiger partial charge in [0.15, 0.2) is 11.6 Å². The number of rotatable bonds is 5. The largest absolute Gasteiger partial charge is 0.364 e. The van der Waals surface area contributed by atoms with E-state index in [1.807, 2.05) is 18.2 Å². The van der Waals surface area contributed by atoms with Gasteiger partial charge in [-0.15, -0.1) is 0 Å². The van der Waals surface area contributed by atoms with Crippen LogP contribution in [0.1, 0.15) is 36.8 Å². The highest BCUT2D eigenvalue weighted by molar-refractivity contribution is 6.30. The normalized spacial score (nSPS) is 18.1. The quantitative estimate of drug-likeness (QED) is 0.591. The summed E-state index contributed by atoms with van der Waals surface area (Å²) in [5.41, 5.74) is 4.54. The van der Waals surface area contributed by atoms with Crippen LogP contribution >= 0.6 is 11.6 Å². The van der Waals surface area contributed by atoms with E-state index in [2.05, 4.69) is 46.3 Å². The molecule has 5 rings (SSSR count). The first-order chi connectivity index (χ1) is 15.2. The van der Waals surface area contributed by atoms with Crippen molar-refractivity contribution in [2.75, 3.05) is 36.4 Å². The minimum atomic E-state index is 0.515. The number of benzene rings is 2. The number of anilines is 2. The number of nitrogens with zero attached hydrogens (tertiary/aromatic N) is 4. The van der Waals surface area contributed by atoms with Crippen LogP contribution in [-0.2, 0) is 6.54 Å². The Bertz CT molecular complexity index is 1050. The number of aromatic nitrogens is 2. The molecule has 0 amide bonds. The summed E-state index contributed by atoms with van der Waals surface area (Å²) in [7, 11) is 0. The first kappa shape index (κ1) is 20.5. The lowest BCUT2D eigenvalue weighted by atomic mass is 10.1. The minimum absolute atomic E-state index is 0.515. The molecule has 1 N–H and O–H groups in total. The number of piperazine rings is 1. The van der Waals surface area contributed by atoms with Crippen LogP contribution in [0.15, 0.2) is 42.5 Å². The summed E-state index contributed by atoms with van der Waals surface area (Å²) in [6.07, 6.45) is 5.05. The highest BCUT2D eigenvalue weighted by Gasteiger charge is 2.24. The molecule has 1 saturated carbocycles. The molecule has 0 unspecified atom stereocenters. The number of halogens is 1. The monoisotopic (exact) mass is 435 g/mol. The second kappa shape index (κ2) is 9.01. The summed E-state index contributed by atoms with van der Waals surface area (Å²) in [5.74, 6) is 1.95. The van der Waals surface area contributed by atoms with E-state index in [1.165, 1.54) is 36.8 Å². The van der Waals surface area contributed by atoms with Gasteiger partial charge in [-0.3, -0.25) is 4.90 Å². The van der Waals surface area contributed by atoms with Gasteiger partial charge in [0.1, 0.15) is 0 Å². The number of fused-ring (bicyclic) bond motifs is 1. The fourth-order valence-corrected chi connectivity index (χ4v) is 4.94. The Labute approximate surface area is 189 Å². The third kappa shape index (κ3) is 4.63. The maximum atomic E-state index is 6.22. The van der Waals surface area contributed by atoms with Crippen molar-refractivity contribution in [3.63, 3.8) is 0 Å². The molecule has 1 aliphatic carbocycles. The van der Waals surface area contributed by atoms with Crippen LogP contribution in [0.5, 0.6) is 0 Å². The predicted octanol–water partition coefficient (Wildman–Crippen LogP) is 5.27. The molecule has 3 aromatic rings. The molecular weight excluding hydrogens is 406 g/mol. The second-order valence-electron chi connectivity index (χ2n) is 8.84. The van der Waals surface area contributed by atoms with Crippen molar-refractivity contribution in [1.82, 2.24) is 14.9 Å². The second-order valence-corrected chi connectivity index (χ2v) is 9.28. The fourth-order valence-electron chi connectivity index (χ4n) is 4.74. The van der Waals surface area contributed by atoms with Gasteiger partial charge in [-0.25, -0.2) is 9.97 Å². The average Bonchev–Trinajstić information content (AvgIpc) is 3.29. The molecule has 2 fully saturated rings. The third-order valence-electron chi connectivity index (χ3n) is 6.63. The molecule has 0 radical (unpaired) electrons. The van der Waals surface area contributed by atoms with E-state index in [-0.39, 0.29) is 0 Å². The van der Waals surface area contributed by atoms with Crippen molar-refractivity contribution in [3.05, 3.63) is 58.6 Å². The van der Waals surface area contributed by atoms with E-state index in [4.69, 9.17) is 21.6 Å². The predicted molar refractivity (Wildman–Crippen MR) is 129 cm³/mol. The Kier molecular flexibility index (Phi) is 5.97. The van der Waals surface area contributed by atoms with Crippen LogP contribution in [-0.4, -0.2) is 47.1 Å². The first-order valence-electron chi connectivity index (χ1n) is 11.4. The smallest absolute Gasteiger partial charge is 0.172 e. The Morgan fingerprint density at radius 1 is 0.968 bits per heavy atom. The van der Waals surface area contributed by atoms with Gasteiger partial charge < -0.3 is 10.2 Å². The highest BCUT2D eigenvalue weighted by Crippen LogP contribution is 2.30. The molecule has 0 spiro atoms. The van der Waals surface area contributed by atoms with Crippen LogP contribution in [0, 0.1) is 6.92 Å². The standard InChI is InChI=1S/C25H30ClN5/c1-18-10-11-20(26)16-19(18)17-30-12-14-31(15-13-30)25-24(27-21-6-2-3-7-21)28-22-8-4-5-9-23(22)29-25/h4-5,8-11,16,21H,2-3,6-7,12-15,17H2,1H3,(H,27,28). The topological polar surface area (TPSA) is 44.3 Å². The van der Waals surface area contributed by atoms with Crippen molar-refractivity contribution >= 4 is 34.3 Å². The summed E-state index contributed by atoms with van der Waals surface area (Å²) in [5, 5.41) is 4.53. The van der Waals surface area contributed by atoms with E-state index in [0.717, 1.165) is 60.4 Å². The fraction of sp³-hybridized carbons (Fsp3) is 0.440. The van der Waals surface area contributed by atoms with E-state index in [9.17, 15) is 0 Å². The van der Waals surface area contributed by atoms with Crippen molar-refractivity contribution in [2.45, 2.75) is 45.2 Å². The summed E-state index contributed by atoms with van der Waals surface area (Å²) in [6.45, 7) is 7.01. The zero-order valence-electron chi connectivity index (χ0n) is 18.1. The van der Waals surface area contributed by atoms with E-state index >= 15 is 0 Å². The number of hydrogen-bond acceptors (Lipinski definition) is 5. The van der Waals surface area contributed by atoms with E-state index in [0.29, 0.717) is 6.04 Å². The van der Waals surface area contributed by atoms with Gasteiger partial charge in [-0.2, -0.15) is 0 Å². The molecule has 1 aliphatic heterocycles. The molecular formula is C25H30ClN5. The number of aryl methyl sites for hydroxylation is 1. The molecule has 2 aromatic carbocycles. The molecule has 2 aliphatic rings. The van der Waals surface area contributed by atoms with Crippen LogP contribution in [0.4, 0.5) is 11.6 Å². The SMILES string of the molecule is Cc1ccc(Cl)cc1CN1CCN(c2nc3ccccc3nc2NC2CCCC2)CC1. The zero-order chi connectivity index (χ0) is 21.2. The average molecular weight is 436 g/mol. The van der Waals surface area contributed by atoms with Gasteiger partial charge in [0.25, 0.3) is 0 Å². The summed E-state index contributed by atoms with van der Waals surface area (Å²) >= 11 is 6.22. The molecule has 1 saturated heterocycles. The Balaban J connectivity index is 1.34. The van der Waals surface area contributed by atoms with Gasteiger partial charge in [-0.1, -0.05) is 42.6 Å². The van der Waals surface area contributed by atoms with Crippen molar-refractivity contribution in [2.24, 2.45) is 0 Å². The zero-order valence-corrected chi connectivity index (χ0v) is 18.9. The summed E-state index contributed by atoms with van der Waals surface area (Å²) in [6, 6.07) is 14.9. The maximum absolute atomic E-state index is 6.22. The van der Waals surface area contributed by atoms with Gasteiger partial charge in [0.2, 0.25) is 0 Å².